The van der Waals surface area contributed by atoms with Crippen molar-refractivity contribution in [2.24, 2.45) is 0 Å². The van der Waals surface area contributed by atoms with Crippen molar-refractivity contribution in [1.82, 2.24) is 20.1 Å². The van der Waals surface area contributed by atoms with Crippen LogP contribution in [0.4, 0.5) is 0 Å². The topological polar surface area (TPSA) is 69.0 Å². The normalized spacial score (nSPS) is 10.8. The molecular weight excluding hydrogens is 312 g/mol. The molecule has 1 heterocycles. The fourth-order valence-corrected chi connectivity index (χ4v) is 2.74. The number of hydrogen-bond acceptors (Lipinski definition) is 5. The minimum atomic E-state index is -0.0409. The molecule has 0 spiro atoms. The number of rotatable bonds is 8. The lowest BCUT2D eigenvalue weighted by molar-refractivity contribution is -0.118. The van der Waals surface area contributed by atoms with E-state index < -0.39 is 0 Å². The molecule has 0 unspecified atom stereocenters. The molecule has 6 nitrogen and oxygen atoms in total. The van der Waals surface area contributed by atoms with Crippen LogP contribution in [-0.2, 0) is 4.79 Å². The quantitative estimate of drug-likeness (QED) is 0.593. The fraction of sp³-hybridized carbons (Fsp3) is 0.438. The van der Waals surface area contributed by atoms with Gasteiger partial charge in [-0.2, -0.15) is 0 Å². The number of hydrogen-bond donors (Lipinski definition) is 1. The molecule has 0 saturated heterocycles. The Morgan fingerprint density at radius 2 is 2.09 bits per heavy atom. The molecule has 0 saturated carbocycles. The summed E-state index contributed by atoms with van der Waals surface area (Å²) in [7, 11) is 0. The van der Waals surface area contributed by atoms with Crippen LogP contribution in [0.1, 0.15) is 25.5 Å². The van der Waals surface area contributed by atoms with Gasteiger partial charge in [-0.25, -0.2) is 0 Å². The predicted octanol–water partition coefficient (Wildman–Crippen LogP) is 2.45. The number of thioether (sulfide) groups is 1. The van der Waals surface area contributed by atoms with E-state index in [0.717, 1.165) is 10.9 Å². The predicted molar refractivity (Wildman–Crippen MR) is 90.8 cm³/mol. The highest BCUT2D eigenvalue weighted by Gasteiger charge is 2.10. The van der Waals surface area contributed by atoms with Crippen LogP contribution in [0.5, 0.6) is 5.75 Å². The highest BCUT2D eigenvalue weighted by atomic mass is 32.2. The van der Waals surface area contributed by atoms with E-state index in [1.165, 1.54) is 17.3 Å². The standard InChI is InChI=1S/C16H22N4O2S/c1-12(2)20-11-18-19-16(20)23-10-15(21)17-8-9-22-14-6-4-13(3)5-7-14/h4-7,11-12H,8-10H2,1-3H3,(H,17,21). The van der Waals surface area contributed by atoms with Crippen molar-refractivity contribution in [3.8, 4) is 5.75 Å². The lowest BCUT2D eigenvalue weighted by Crippen LogP contribution is -2.29. The Labute approximate surface area is 140 Å². The maximum Gasteiger partial charge on any atom is 0.230 e. The van der Waals surface area contributed by atoms with Crippen molar-refractivity contribution in [2.45, 2.75) is 32.0 Å². The third-order valence-electron chi connectivity index (χ3n) is 3.14. The van der Waals surface area contributed by atoms with Gasteiger partial charge in [0.15, 0.2) is 5.16 Å². The first-order valence-electron chi connectivity index (χ1n) is 7.54. The fourth-order valence-electron chi connectivity index (χ4n) is 1.86. The van der Waals surface area contributed by atoms with Gasteiger partial charge in [-0.15, -0.1) is 10.2 Å². The van der Waals surface area contributed by atoms with Gasteiger partial charge in [0.1, 0.15) is 18.7 Å². The molecule has 0 atom stereocenters. The largest absolute Gasteiger partial charge is 0.492 e. The third kappa shape index (κ3) is 5.59. The number of benzene rings is 1. The van der Waals surface area contributed by atoms with E-state index in [-0.39, 0.29) is 11.9 Å². The van der Waals surface area contributed by atoms with Crippen LogP contribution in [-0.4, -0.2) is 39.6 Å². The summed E-state index contributed by atoms with van der Waals surface area (Å²) in [4.78, 5) is 11.8. The van der Waals surface area contributed by atoms with E-state index in [1.807, 2.05) is 35.8 Å². The van der Waals surface area contributed by atoms with Crippen LogP contribution < -0.4 is 10.1 Å². The highest BCUT2D eigenvalue weighted by Crippen LogP contribution is 2.18. The molecule has 124 valence electrons. The molecule has 0 aliphatic heterocycles. The van der Waals surface area contributed by atoms with Gasteiger partial charge >= 0.3 is 0 Å². The monoisotopic (exact) mass is 334 g/mol. The van der Waals surface area contributed by atoms with Crippen molar-refractivity contribution in [1.29, 1.82) is 0 Å². The van der Waals surface area contributed by atoms with Gasteiger partial charge in [0.2, 0.25) is 5.91 Å². The van der Waals surface area contributed by atoms with E-state index in [4.69, 9.17) is 4.74 Å². The first-order valence-corrected chi connectivity index (χ1v) is 8.53. The summed E-state index contributed by atoms with van der Waals surface area (Å²) in [6.45, 7) is 7.05. The van der Waals surface area contributed by atoms with Gasteiger partial charge in [-0.3, -0.25) is 4.79 Å². The van der Waals surface area contributed by atoms with E-state index in [9.17, 15) is 4.79 Å². The molecule has 1 N–H and O–H groups in total. The van der Waals surface area contributed by atoms with E-state index in [0.29, 0.717) is 18.9 Å². The average molecular weight is 334 g/mol. The SMILES string of the molecule is Cc1ccc(OCCNC(=O)CSc2nncn2C(C)C)cc1. The van der Waals surface area contributed by atoms with Gasteiger partial charge in [0, 0.05) is 6.04 Å². The summed E-state index contributed by atoms with van der Waals surface area (Å²) < 4.78 is 7.51. The molecule has 0 bridgehead atoms. The Morgan fingerprint density at radius 1 is 1.35 bits per heavy atom. The van der Waals surface area contributed by atoms with Crippen LogP contribution in [0.25, 0.3) is 0 Å². The van der Waals surface area contributed by atoms with E-state index >= 15 is 0 Å². The lowest BCUT2D eigenvalue weighted by atomic mass is 10.2. The molecule has 2 aromatic rings. The summed E-state index contributed by atoms with van der Waals surface area (Å²) in [5.74, 6) is 1.08. The van der Waals surface area contributed by atoms with Crippen molar-refractivity contribution >= 4 is 17.7 Å². The number of ether oxygens (including phenoxy) is 1. The molecule has 0 fully saturated rings. The molecule has 2 rings (SSSR count). The summed E-state index contributed by atoms with van der Waals surface area (Å²) in [5, 5.41) is 11.5. The van der Waals surface area contributed by atoms with Crippen LogP contribution in [0.3, 0.4) is 0 Å². The molecule has 0 aliphatic rings. The first kappa shape index (κ1) is 17.3. The minimum Gasteiger partial charge on any atom is -0.492 e. The number of nitrogens with zero attached hydrogens (tertiary/aromatic N) is 3. The van der Waals surface area contributed by atoms with Crippen LogP contribution in [0.15, 0.2) is 35.7 Å². The zero-order valence-electron chi connectivity index (χ0n) is 13.7. The Balaban J connectivity index is 1.65. The molecule has 23 heavy (non-hydrogen) atoms. The number of aryl methyl sites for hydroxylation is 1. The van der Waals surface area contributed by atoms with Crippen LogP contribution >= 0.6 is 11.8 Å². The van der Waals surface area contributed by atoms with E-state index in [1.54, 1.807) is 6.33 Å². The average Bonchev–Trinajstić information content (AvgIpc) is 3.00. The molecule has 1 aromatic heterocycles. The van der Waals surface area contributed by atoms with Gasteiger partial charge in [0.25, 0.3) is 0 Å². The Bertz CT molecular complexity index is 625. The third-order valence-corrected chi connectivity index (χ3v) is 4.10. The number of nitrogens with one attached hydrogen (secondary N) is 1. The lowest BCUT2D eigenvalue weighted by Gasteiger charge is -2.10. The van der Waals surface area contributed by atoms with Crippen LogP contribution in [0, 0.1) is 6.92 Å². The second-order valence-corrected chi connectivity index (χ2v) is 6.36. The van der Waals surface area contributed by atoms with Crippen molar-refractivity contribution in [3.63, 3.8) is 0 Å². The highest BCUT2D eigenvalue weighted by molar-refractivity contribution is 7.99. The maximum atomic E-state index is 11.8. The molecule has 1 amide bonds. The van der Waals surface area contributed by atoms with Crippen molar-refractivity contribution < 1.29 is 9.53 Å². The van der Waals surface area contributed by atoms with Crippen LogP contribution in [0.2, 0.25) is 0 Å². The van der Waals surface area contributed by atoms with Gasteiger partial charge in [0.05, 0.1) is 12.3 Å². The second-order valence-electron chi connectivity index (χ2n) is 5.41. The number of carbonyl (C=O) groups excluding carboxylic acids is 1. The van der Waals surface area contributed by atoms with Gasteiger partial charge in [-0.1, -0.05) is 29.5 Å². The molecule has 0 aliphatic carbocycles. The minimum absolute atomic E-state index is 0.0409. The zero-order valence-corrected chi connectivity index (χ0v) is 14.5. The van der Waals surface area contributed by atoms with Gasteiger partial charge in [-0.05, 0) is 32.9 Å². The number of amides is 1. The Morgan fingerprint density at radius 3 is 2.78 bits per heavy atom. The number of aromatic nitrogens is 3. The first-order chi connectivity index (χ1) is 11.1. The second kappa shape index (κ2) is 8.57. The summed E-state index contributed by atoms with van der Waals surface area (Å²) in [6.07, 6.45) is 1.68. The Hall–Kier alpha value is -2.02. The molecular formula is C16H22N4O2S. The van der Waals surface area contributed by atoms with Gasteiger partial charge < -0.3 is 14.6 Å². The number of carbonyl (C=O) groups is 1. The van der Waals surface area contributed by atoms with E-state index in [2.05, 4.69) is 29.4 Å². The summed E-state index contributed by atoms with van der Waals surface area (Å²) in [5.41, 5.74) is 1.19. The Kier molecular flexibility index (Phi) is 6.46. The molecule has 0 radical (unpaired) electrons. The van der Waals surface area contributed by atoms with Crippen molar-refractivity contribution in [2.75, 3.05) is 18.9 Å². The smallest absolute Gasteiger partial charge is 0.230 e. The summed E-state index contributed by atoms with van der Waals surface area (Å²) >= 11 is 1.38. The zero-order chi connectivity index (χ0) is 16.7. The molecule has 1 aromatic carbocycles. The summed E-state index contributed by atoms with van der Waals surface area (Å²) in [6, 6.07) is 8.11. The maximum absolute atomic E-state index is 11.8. The van der Waals surface area contributed by atoms with Crippen molar-refractivity contribution in [3.05, 3.63) is 36.2 Å². The molecule has 7 heteroatoms.